The van der Waals surface area contributed by atoms with Crippen LogP contribution in [0.5, 0.6) is 0 Å². The van der Waals surface area contributed by atoms with Crippen molar-refractivity contribution in [2.75, 3.05) is 6.54 Å². The van der Waals surface area contributed by atoms with Crippen LogP contribution in [0, 0.1) is 18.3 Å². The van der Waals surface area contributed by atoms with Gasteiger partial charge >= 0.3 is 0 Å². The van der Waals surface area contributed by atoms with E-state index in [1.54, 1.807) is 25.4 Å². The molecule has 3 rings (SSSR count). The van der Waals surface area contributed by atoms with Gasteiger partial charge in [-0.2, -0.15) is 5.26 Å². The van der Waals surface area contributed by atoms with E-state index in [4.69, 9.17) is 5.26 Å². The van der Waals surface area contributed by atoms with E-state index in [9.17, 15) is 4.79 Å². The van der Waals surface area contributed by atoms with Gasteiger partial charge in [0.15, 0.2) is 10.8 Å². The topological polar surface area (TPSA) is 82.8 Å². The molecule has 0 aliphatic carbocycles. The summed E-state index contributed by atoms with van der Waals surface area (Å²) in [5, 5.41) is 9.68. The Morgan fingerprint density at radius 2 is 1.92 bits per heavy atom. The molecular formula is C18H15N5OS. The number of hydrogen-bond donors (Lipinski definition) is 0. The monoisotopic (exact) mass is 349 g/mol. The standard InChI is InChI=1S/C18H15N5OS/c1-13-15(25-17(22-13)16-20-9-5-10-21-16)18(24)23(11-8-19)12-14-6-3-2-4-7-14/h2-7,9-10H,11-12H2,1H3. The van der Waals surface area contributed by atoms with Gasteiger partial charge in [0.25, 0.3) is 5.91 Å². The summed E-state index contributed by atoms with van der Waals surface area (Å²) < 4.78 is 0. The molecule has 0 radical (unpaired) electrons. The lowest BCUT2D eigenvalue weighted by Gasteiger charge is -2.19. The molecule has 0 fully saturated rings. The number of benzene rings is 1. The minimum atomic E-state index is -0.206. The molecule has 1 aromatic carbocycles. The fourth-order valence-electron chi connectivity index (χ4n) is 2.33. The van der Waals surface area contributed by atoms with Crippen molar-refractivity contribution in [3.05, 3.63) is 64.9 Å². The first-order valence-corrected chi connectivity index (χ1v) is 8.45. The Morgan fingerprint density at radius 3 is 2.60 bits per heavy atom. The minimum Gasteiger partial charge on any atom is -0.320 e. The second-order valence-electron chi connectivity index (χ2n) is 5.31. The number of nitriles is 1. The van der Waals surface area contributed by atoms with Crippen LogP contribution in [0.1, 0.15) is 20.9 Å². The fraction of sp³-hybridized carbons (Fsp3) is 0.167. The highest BCUT2D eigenvalue weighted by molar-refractivity contribution is 7.17. The largest absolute Gasteiger partial charge is 0.320 e. The van der Waals surface area contributed by atoms with Gasteiger partial charge in [-0.05, 0) is 18.6 Å². The lowest BCUT2D eigenvalue weighted by atomic mass is 10.2. The molecule has 0 bridgehead atoms. The molecule has 0 aliphatic rings. The van der Waals surface area contributed by atoms with Crippen molar-refractivity contribution in [2.45, 2.75) is 13.5 Å². The Kier molecular flexibility index (Phi) is 5.11. The van der Waals surface area contributed by atoms with E-state index in [1.807, 2.05) is 30.3 Å². The van der Waals surface area contributed by atoms with Gasteiger partial charge in [0, 0.05) is 18.9 Å². The number of aryl methyl sites for hydroxylation is 1. The van der Waals surface area contributed by atoms with Gasteiger partial charge in [-0.25, -0.2) is 15.0 Å². The average Bonchev–Trinajstić information content (AvgIpc) is 3.04. The van der Waals surface area contributed by atoms with Gasteiger partial charge in [-0.1, -0.05) is 30.3 Å². The van der Waals surface area contributed by atoms with E-state index in [1.165, 1.54) is 16.2 Å². The van der Waals surface area contributed by atoms with Crippen LogP contribution in [-0.4, -0.2) is 32.3 Å². The summed E-state index contributed by atoms with van der Waals surface area (Å²) in [6.45, 7) is 2.17. The van der Waals surface area contributed by atoms with E-state index in [2.05, 4.69) is 21.0 Å². The first-order valence-electron chi connectivity index (χ1n) is 7.64. The average molecular weight is 349 g/mol. The highest BCUT2D eigenvalue weighted by Crippen LogP contribution is 2.26. The Morgan fingerprint density at radius 1 is 1.20 bits per heavy atom. The van der Waals surface area contributed by atoms with Gasteiger partial charge in [0.05, 0.1) is 11.8 Å². The highest BCUT2D eigenvalue weighted by Gasteiger charge is 2.22. The molecule has 25 heavy (non-hydrogen) atoms. The number of hydrogen-bond acceptors (Lipinski definition) is 6. The summed E-state index contributed by atoms with van der Waals surface area (Å²) in [7, 11) is 0. The van der Waals surface area contributed by atoms with Crippen molar-refractivity contribution < 1.29 is 4.79 Å². The lowest BCUT2D eigenvalue weighted by Crippen LogP contribution is -2.30. The second-order valence-corrected chi connectivity index (χ2v) is 6.31. The smallest absolute Gasteiger partial charge is 0.267 e. The van der Waals surface area contributed by atoms with Crippen LogP contribution in [0.2, 0.25) is 0 Å². The van der Waals surface area contributed by atoms with Crippen LogP contribution < -0.4 is 0 Å². The van der Waals surface area contributed by atoms with Gasteiger partial charge in [0.1, 0.15) is 11.4 Å². The number of aromatic nitrogens is 3. The molecule has 7 heteroatoms. The fourth-order valence-corrected chi connectivity index (χ4v) is 3.31. The first-order chi connectivity index (χ1) is 12.2. The summed E-state index contributed by atoms with van der Waals surface area (Å²) in [6, 6.07) is 13.4. The van der Waals surface area contributed by atoms with Crippen LogP contribution in [0.3, 0.4) is 0 Å². The Balaban J connectivity index is 1.87. The zero-order valence-corrected chi connectivity index (χ0v) is 14.4. The van der Waals surface area contributed by atoms with Gasteiger partial charge in [0.2, 0.25) is 0 Å². The van der Waals surface area contributed by atoms with Crippen molar-refractivity contribution in [1.29, 1.82) is 5.26 Å². The van der Waals surface area contributed by atoms with E-state index in [0.717, 1.165) is 5.56 Å². The number of carbonyl (C=O) groups is 1. The zero-order chi connectivity index (χ0) is 17.6. The molecule has 0 N–H and O–H groups in total. The summed E-state index contributed by atoms with van der Waals surface area (Å²) in [5.41, 5.74) is 1.59. The molecular weight excluding hydrogens is 334 g/mol. The third-order valence-corrected chi connectivity index (χ3v) is 4.65. The van der Waals surface area contributed by atoms with Crippen molar-refractivity contribution in [3.8, 4) is 16.9 Å². The molecule has 0 spiro atoms. The predicted molar refractivity (Wildman–Crippen MR) is 94.7 cm³/mol. The maximum atomic E-state index is 12.9. The number of carbonyl (C=O) groups excluding carboxylic acids is 1. The van der Waals surface area contributed by atoms with E-state index < -0.39 is 0 Å². The summed E-state index contributed by atoms with van der Waals surface area (Å²) in [5.74, 6) is 0.284. The third-order valence-electron chi connectivity index (χ3n) is 3.51. The summed E-state index contributed by atoms with van der Waals surface area (Å²) in [4.78, 5) is 27.7. The van der Waals surface area contributed by atoms with Crippen molar-refractivity contribution in [2.24, 2.45) is 0 Å². The number of thiazole rings is 1. The van der Waals surface area contributed by atoms with Crippen LogP contribution in [0.15, 0.2) is 48.8 Å². The molecule has 0 unspecified atom stereocenters. The number of rotatable bonds is 5. The van der Waals surface area contributed by atoms with Crippen LogP contribution >= 0.6 is 11.3 Å². The molecule has 0 saturated heterocycles. The van der Waals surface area contributed by atoms with Crippen molar-refractivity contribution in [1.82, 2.24) is 19.9 Å². The summed E-state index contributed by atoms with van der Waals surface area (Å²) >= 11 is 1.25. The lowest BCUT2D eigenvalue weighted by molar-refractivity contribution is 0.0769. The predicted octanol–water partition coefficient (Wildman–Crippen LogP) is 3.07. The molecule has 6 nitrogen and oxygen atoms in total. The van der Waals surface area contributed by atoms with Crippen molar-refractivity contribution >= 4 is 17.2 Å². The van der Waals surface area contributed by atoms with Crippen molar-refractivity contribution in [3.63, 3.8) is 0 Å². The zero-order valence-electron chi connectivity index (χ0n) is 13.6. The molecule has 1 amide bonds. The molecule has 2 aromatic heterocycles. The molecule has 0 saturated carbocycles. The van der Waals surface area contributed by atoms with E-state index in [-0.39, 0.29) is 12.5 Å². The van der Waals surface area contributed by atoms with Crippen LogP contribution in [0.25, 0.3) is 10.8 Å². The number of amides is 1. The van der Waals surface area contributed by atoms with Gasteiger partial charge in [-0.15, -0.1) is 11.3 Å². The normalized spacial score (nSPS) is 10.2. The Labute approximate surface area is 149 Å². The Hall–Kier alpha value is -3.11. The van der Waals surface area contributed by atoms with E-state index in [0.29, 0.717) is 27.9 Å². The van der Waals surface area contributed by atoms with Gasteiger partial charge < -0.3 is 4.90 Å². The Bertz CT molecular complexity index is 902. The molecule has 124 valence electrons. The van der Waals surface area contributed by atoms with Gasteiger partial charge in [-0.3, -0.25) is 4.79 Å². The molecule has 2 heterocycles. The maximum Gasteiger partial charge on any atom is 0.267 e. The first kappa shape index (κ1) is 16.7. The maximum absolute atomic E-state index is 12.9. The highest BCUT2D eigenvalue weighted by atomic mass is 32.1. The third kappa shape index (κ3) is 3.87. The number of nitrogens with zero attached hydrogens (tertiary/aromatic N) is 5. The molecule has 3 aromatic rings. The minimum absolute atomic E-state index is 0.0161. The molecule has 0 aliphatic heterocycles. The van der Waals surface area contributed by atoms with E-state index >= 15 is 0 Å². The quantitative estimate of drug-likeness (QED) is 0.661. The SMILES string of the molecule is Cc1nc(-c2ncccn2)sc1C(=O)N(CC#N)Cc1ccccc1. The summed E-state index contributed by atoms with van der Waals surface area (Å²) in [6.07, 6.45) is 3.27. The molecule has 0 atom stereocenters. The van der Waals surface area contributed by atoms with Crippen LogP contribution in [0.4, 0.5) is 0 Å². The second kappa shape index (κ2) is 7.64. The van der Waals surface area contributed by atoms with Crippen LogP contribution in [-0.2, 0) is 6.54 Å².